The first-order chi connectivity index (χ1) is 8.34. The van der Waals surface area contributed by atoms with Crippen molar-refractivity contribution < 1.29 is 9.13 Å². The van der Waals surface area contributed by atoms with E-state index in [0.717, 1.165) is 25.4 Å². The van der Waals surface area contributed by atoms with Gasteiger partial charge in [-0.05, 0) is 19.0 Å². The molecule has 1 fully saturated rings. The van der Waals surface area contributed by atoms with E-state index in [1.165, 1.54) is 6.07 Å². The van der Waals surface area contributed by atoms with Gasteiger partial charge in [0.25, 0.3) is 0 Å². The second-order valence-electron chi connectivity index (χ2n) is 4.50. The molecule has 2 aliphatic rings. The molecule has 3 nitrogen and oxygen atoms in total. The third kappa shape index (κ3) is 2.05. The zero-order valence-corrected chi connectivity index (χ0v) is 9.53. The molecule has 1 N–H and O–H groups in total. The van der Waals surface area contributed by atoms with Crippen LogP contribution in [0.15, 0.2) is 29.3 Å². The molecule has 90 valence electrons. The van der Waals surface area contributed by atoms with Gasteiger partial charge in [0.1, 0.15) is 11.9 Å². The number of ether oxygens (including phenoxy) is 1. The van der Waals surface area contributed by atoms with Gasteiger partial charge in [-0.3, -0.25) is 4.99 Å². The van der Waals surface area contributed by atoms with Crippen LogP contribution in [0.2, 0.25) is 0 Å². The van der Waals surface area contributed by atoms with Gasteiger partial charge in [0.05, 0.1) is 6.54 Å². The Morgan fingerprint density at radius 2 is 2.24 bits per heavy atom. The second-order valence-corrected chi connectivity index (χ2v) is 4.50. The van der Waals surface area contributed by atoms with E-state index in [2.05, 4.69) is 10.3 Å². The number of aliphatic imine (C=N–C) groups is 1. The summed E-state index contributed by atoms with van der Waals surface area (Å²) in [5.41, 5.74) is 0.609. The highest BCUT2D eigenvalue weighted by Crippen LogP contribution is 2.28. The molecule has 3 rings (SSSR count). The lowest BCUT2D eigenvalue weighted by atomic mass is 10.1. The SMILES string of the molecule is Fc1ccccc1C1CN=C(C2CCNC2)O1. The average molecular weight is 234 g/mol. The Bertz CT molecular complexity index is 441. The summed E-state index contributed by atoms with van der Waals surface area (Å²) in [6.45, 7) is 2.47. The molecular formula is C13H15FN2O. The van der Waals surface area contributed by atoms with Gasteiger partial charge in [0.15, 0.2) is 5.90 Å². The number of nitrogens with zero attached hydrogens (tertiary/aromatic N) is 1. The van der Waals surface area contributed by atoms with Crippen LogP contribution in [0.1, 0.15) is 18.1 Å². The fourth-order valence-electron chi connectivity index (χ4n) is 2.38. The van der Waals surface area contributed by atoms with Gasteiger partial charge in [-0.2, -0.15) is 0 Å². The Morgan fingerprint density at radius 1 is 1.35 bits per heavy atom. The maximum absolute atomic E-state index is 13.6. The molecule has 1 saturated heterocycles. The molecule has 0 bridgehead atoms. The second kappa shape index (κ2) is 4.45. The lowest BCUT2D eigenvalue weighted by Gasteiger charge is -2.14. The van der Waals surface area contributed by atoms with Crippen LogP contribution in [0.5, 0.6) is 0 Å². The summed E-state index contributed by atoms with van der Waals surface area (Å²) in [5, 5.41) is 3.28. The smallest absolute Gasteiger partial charge is 0.188 e. The fourth-order valence-corrected chi connectivity index (χ4v) is 2.38. The molecule has 0 aliphatic carbocycles. The number of benzene rings is 1. The molecule has 0 spiro atoms. The van der Waals surface area contributed by atoms with Crippen molar-refractivity contribution in [2.45, 2.75) is 12.5 Å². The van der Waals surface area contributed by atoms with Crippen molar-refractivity contribution in [2.24, 2.45) is 10.9 Å². The molecule has 1 aromatic rings. The highest BCUT2D eigenvalue weighted by atomic mass is 19.1. The topological polar surface area (TPSA) is 33.6 Å². The van der Waals surface area contributed by atoms with Crippen molar-refractivity contribution in [1.82, 2.24) is 5.32 Å². The van der Waals surface area contributed by atoms with Gasteiger partial charge in [-0.15, -0.1) is 0 Å². The summed E-state index contributed by atoms with van der Waals surface area (Å²) in [6, 6.07) is 6.76. The van der Waals surface area contributed by atoms with E-state index in [4.69, 9.17) is 4.74 Å². The van der Waals surface area contributed by atoms with Crippen LogP contribution in [0.25, 0.3) is 0 Å². The maximum Gasteiger partial charge on any atom is 0.188 e. The predicted molar refractivity (Wildman–Crippen MR) is 63.5 cm³/mol. The highest BCUT2D eigenvalue weighted by Gasteiger charge is 2.30. The zero-order valence-electron chi connectivity index (χ0n) is 9.53. The van der Waals surface area contributed by atoms with E-state index < -0.39 is 0 Å². The van der Waals surface area contributed by atoms with Crippen molar-refractivity contribution in [2.75, 3.05) is 19.6 Å². The summed E-state index contributed by atoms with van der Waals surface area (Å²) in [5.74, 6) is 0.952. The van der Waals surface area contributed by atoms with Crippen LogP contribution >= 0.6 is 0 Å². The van der Waals surface area contributed by atoms with Gasteiger partial charge >= 0.3 is 0 Å². The summed E-state index contributed by atoms with van der Waals surface area (Å²) >= 11 is 0. The number of halogens is 1. The number of nitrogens with one attached hydrogen (secondary N) is 1. The van der Waals surface area contributed by atoms with Gasteiger partial charge in [0, 0.05) is 18.0 Å². The first-order valence-electron chi connectivity index (χ1n) is 6.01. The Labute approximate surface area is 99.7 Å². The summed E-state index contributed by atoms with van der Waals surface area (Å²) < 4.78 is 19.4. The molecule has 0 radical (unpaired) electrons. The predicted octanol–water partition coefficient (Wildman–Crippen LogP) is 1.90. The minimum absolute atomic E-state index is 0.210. The molecule has 4 heteroatoms. The first-order valence-corrected chi connectivity index (χ1v) is 6.01. The van der Waals surface area contributed by atoms with E-state index in [-0.39, 0.29) is 11.9 Å². The normalized spacial score (nSPS) is 27.9. The Hall–Kier alpha value is -1.42. The number of hydrogen-bond donors (Lipinski definition) is 1. The monoisotopic (exact) mass is 234 g/mol. The molecule has 1 aromatic carbocycles. The molecule has 2 heterocycles. The van der Waals surface area contributed by atoms with Crippen LogP contribution in [-0.4, -0.2) is 25.5 Å². The van der Waals surface area contributed by atoms with Crippen molar-refractivity contribution in [3.63, 3.8) is 0 Å². The van der Waals surface area contributed by atoms with Gasteiger partial charge in [-0.1, -0.05) is 18.2 Å². The summed E-state index contributed by atoms with van der Waals surface area (Å²) in [7, 11) is 0. The Kier molecular flexibility index (Phi) is 2.81. The standard InChI is InChI=1S/C13H15FN2O/c14-11-4-2-1-3-10(11)12-8-16-13(17-12)9-5-6-15-7-9/h1-4,9,12,15H,5-8H2. The molecule has 2 unspecified atom stereocenters. The first kappa shape index (κ1) is 10.7. The van der Waals surface area contributed by atoms with Crippen molar-refractivity contribution in [3.8, 4) is 0 Å². The van der Waals surface area contributed by atoms with Crippen LogP contribution in [-0.2, 0) is 4.74 Å². The number of hydrogen-bond acceptors (Lipinski definition) is 3. The van der Waals surface area contributed by atoms with E-state index in [9.17, 15) is 4.39 Å². The van der Waals surface area contributed by atoms with Crippen molar-refractivity contribution >= 4 is 5.90 Å². The molecule has 2 aliphatic heterocycles. The molecule has 0 saturated carbocycles. The van der Waals surface area contributed by atoms with Crippen LogP contribution in [0, 0.1) is 11.7 Å². The molecule has 17 heavy (non-hydrogen) atoms. The van der Waals surface area contributed by atoms with Crippen molar-refractivity contribution in [3.05, 3.63) is 35.6 Å². The van der Waals surface area contributed by atoms with E-state index in [1.54, 1.807) is 12.1 Å². The number of rotatable bonds is 2. The Balaban J connectivity index is 1.72. The van der Waals surface area contributed by atoms with E-state index in [0.29, 0.717) is 18.0 Å². The average Bonchev–Trinajstić information content (AvgIpc) is 3.00. The maximum atomic E-state index is 13.6. The van der Waals surface area contributed by atoms with Crippen LogP contribution < -0.4 is 5.32 Å². The van der Waals surface area contributed by atoms with E-state index >= 15 is 0 Å². The van der Waals surface area contributed by atoms with Gasteiger partial charge in [-0.25, -0.2) is 4.39 Å². The van der Waals surface area contributed by atoms with Crippen LogP contribution in [0.3, 0.4) is 0 Å². The lowest BCUT2D eigenvalue weighted by molar-refractivity contribution is 0.211. The minimum Gasteiger partial charge on any atom is -0.471 e. The minimum atomic E-state index is -0.244. The van der Waals surface area contributed by atoms with E-state index in [1.807, 2.05) is 6.07 Å². The van der Waals surface area contributed by atoms with Gasteiger partial charge < -0.3 is 10.1 Å². The quantitative estimate of drug-likeness (QED) is 0.848. The zero-order chi connectivity index (χ0) is 11.7. The lowest BCUT2D eigenvalue weighted by Crippen LogP contribution is -2.19. The molecular weight excluding hydrogens is 219 g/mol. The van der Waals surface area contributed by atoms with Crippen LogP contribution in [0.4, 0.5) is 4.39 Å². The summed E-state index contributed by atoms with van der Waals surface area (Å²) in [4.78, 5) is 4.40. The Morgan fingerprint density at radius 3 is 3.00 bits per heavy atom. The van der Waals surface area contributed by atoms with Gasteiger partial charge in [0.2, 0.25) is 0 Å². The fraction of sp³-hybridized carbons (Fsp3) is 0.462. The summed E-state index contributed by atoms with van der Waals surface area (Å²) in [6.07, 6.45) is 0.815. The third-order valence-corrected chi connectivity index (χ3v) is 3.34. The molecule has 2 atom stereocenters. The molecule has 0 aromatic heterocycles. The van der Waals surface area contributed by atoms with Crippen molar-refractivity contribution in [1.29, 1.82) is 0 Å². The third-order valence-electron chi connectivity index (χ3n) is 3.34. The largest absolute Gasteiger partial charge is 0.471 e. The highest BCUT2D eigenvalue weighted by molar-refractivity contribution is 5.81. The molecule has 0 amide bonds.